The van der Waals surface area contributed by atoms with Gasteiger partial charge in [0, 0.05) is 0 Å². The average Bonchev–Trinajstić information content (AvgIpc) is 2.44. The van der Waals surface area contributed by atoms with Crippen LogP contribution in [-0.2, 0) is 6.42 Å². The predicted octanol–water partition coefficient (Wildman–Crippen LogP) is 3.96. The van der Waals surface area contributed by atoms with Crippen molar-refractivity contribution in [2.45, 2.75) is 26.3 Å². The van der Waals surface area contributed by atoms with Gasteiger partial charge in [-0.3, -0.25) is 0 Å². The SMILES string of the molecule is CCc1nnc(C)cc1C(NC)c1cccc(Cl)c1Cl. The van der Waals surface area contributed by atoms with Gasteiger partial charge in [0.2, 0.25) is 0 Å². The molecule has 0 aliphatic heterocycles. The van der Waals surface area contributed by atoms with Gasteiger partial charge in [-0.05, 0) is 43.7 Å². The number of hydrogen-bond donors (Lipinski definition) is 1. The first-order valence-corrected chi connectivity index (χ1v) is 7.28. The molecule has 0 radical (unpaired) electrons. The number of hydrogen-bond acceptors (Lipinski definition) is 3. The maximum atomic E-state index is 6.34. The maximum absolute atomic E-state index is 6.34. The summed E-state index contributed by atoms with van der Waals surface area (Å²) in [5.41, 5.74) is 3.89. The highest BCUT2D eigenvalue weighted by Gasteiger charge is 2.20. The van der Waals surface area contributed by atoms with Crippen LogP contribution in [0.4, 0.5) is 0 Å². The van der Waals surface area contributed by atoms with Gasteiger partial charge in [-0.15, -0.1) is 0 Å². The van der Waals surface area contributed by atoms with Crippen LogP contribution in [-0.4, -0.2) is 17.2 Å². The Morgan fingerprint density at radius 2 is 1.95 bits per heavy atom. The number of nitrogens with one attached hydrogen (secondary N) is 1. The van der Waals surface area contributed by atoms with E-state index in [9.17, 15) is 0 Å². The van der Waals surface area contributed by atoms with Gasteiger partial charge in [-0.25, -0.2) is 0 Å². The number of halogens is 2. The van der Waals surface area contributed by atoms with Crippen LogP contribution >= 0.6 is 23.2 Å². The fourth-order valence-electron chi connectivity index (χ4n) is 2.28. The van der Waals surface area contributed by atoms with Crippen molar-refractivity contribution in [1.29, 1.82) is 0 Å². The molecule has 0 fully saturated rings. The molecule has 0 aliphatic carbocycles. The fraction of sp³-hybridized carbons (Fsp3) is 0.333. The van der Waals surface area contributed by atoms with Crippen molar-refractivity contribution in [2.75, 3.05) is 7.05 Å². The lowest BCUT2D eigenvalue weighted by molar-refractivity contribution is 0.669. The quantitative estimate of drug-likeness (QED) is 0.929. The second-order valence-corrected chi connectivity index (χ2v) is 5.39. The normalized spacial score (nSPS) is 12.4. The van der Waals surface area contributed by atoms with E-state index >= 15 is 0 Å². The van der Waals surface area contributed by atoms with Gasteiger partial charge < -0.3 is 5.32 Å². The van der Waals surface area contributed by atoms with Gasteiger partial charge in [0.05, 0.1) is 27.5 Å². The largest absolute Gasteiger partial charge is 0.309 e. The van der Waals surface area contributed by atoms with Gasteiger partial charge in [-0.2, -0.15) is 10.2 Å². The first-order chi connectivity index (χ1) is 9.58. The van der Waals surface area contributed by atoms with Gasteiger partial charge in [-0.1, -0.05) is 42.3 Å². The van der Waals surface area contributed by atoms with Crippen molar-refractivity contribution in [3.63, 3.8) is 0 Å². The second-order valence-electron chi connectivity index (χ2n) is 4.61. The lowest BCUT2D eigenvalue weighted by atomic mass is 9.96. The number of aryl methyl sites for hydroxylation is 2. The highest BCUT2D eigenvalue weighted by atomic mass is 35.5. The molecule has 0 bridgehead atoms. The molecule has 3 nitrogen and oxygen atoms in total. The molecule has 2 rings (SSSR count). The van der Waals surface area contributed by atoms with Crippen LogP contribution in [0.3, 0.4) is 0 Å². The van der Waals surface area contributed by atoms with E-state index in [-0.39, 0.29) is 6.04 Å². The highest BCUT2D eigenvalue weighted by molar-refractivity contribution is 6.42. The van der Waals surface area contributed by atoms with Gasteiger partial charge in [0.15, 0.2) is 0 Å². The summed E-state index contributed by atoms with van der Waals surface area (Å²) < 4.78 is 0. The molecule has 1 atom stereocenters. The molecule has 0 aliphatic rings. The molecule has 1 aromatic heterocycles. The molecule has 5 heteroatoms. The van der Waals surface area contributed by atoms with Crippen LogP contribution in [0.15, 0.2) is 24.3 Å². The molecule has 2 aromatic rings. The van der Waals surface area contributed by atoms with Crippen LogP contribution < -0.4 is 5.32 Å². The molecular weight excluding hydrogens is 293 g/mol. The standard InChI is InChI=1S/C15H17Cl2N3/c1-4-13-11(8-9(2)19-20-13)15(18-3)10-6-5-7-12(16)14(10)17/h5-8,15,18H,4H2,1-3H3. The Morgan fingerprint density at radius 3 is 2.60 bits per heavy atom. The molecular formula is C15H17Cl2N3. The summed E-state index contributed by atoms with van der Waals surface area (Å²) in [6.45, 7) is 4.00. The minimum Gasteiger partial charge on any atom is -0.309 e. The zero-order valence-corrected chi connectivity index (χ0v) is 13.3. The van der Waals surface area contributed by atoms with Crippen LogP contribution in [0, 0.1) is 6.92 Å². The van der Waals surface area contributed by atoms with E-state index in [1.165, 1.54) is 0 Å². The molecule has 0 saturated heterocycles. The molecule has 1 aromatic carbocycles. The summed E-state index contributed by atoms with van der Waals surface area (Å²) >= 11 is 12.5. The Hall–Kier alpha value is -1.16. The number of benzene rings is 1. The second kappa shape index (κ2) is 6.53. The topological polar surface area (TPSA) is 37.8 Å². The number of rotatable bonds is 4. The van der Waals surface area contributed by atoms with Gasteiger partial charge in [0.1, 0.15) is 0 Å². The van der Waals surface area contributed by atoms with E-state index in [4.69, 9.17) is 23.2 Å². The molecule has 1 heterocycles. The van der Waals surface area contributed by atoms with Crippen LogP contribution in [0.5, 0.6) is 0 Å². The maximum Gasteiger partial charge on any atom is 0.0679 e. The number of aromatic nitrogens is 2. The van der Waals surface area contributed by atoms with E-state index in [2.05, 4.69) is 22.4 Å². The van der Waals surface area contributed by atoms with Crippen molar-refractivity contribution >= 4 is 23.2 Å². The van der Waals surface area contributed by atoms with Crippen molar-refractivity contribution < 1.29 is 0 Å². The van der Waals surface area contributed by atoms with Crippen molar-refractivity contribution in [3.8, 4) is 0 Å². The third-order valence-corrected chi connectivity index (χ3v) is 4.09. The first-order valence-electron chi connectivity index (χ1n) is 6.52. The minimum atomic E-state index is -0.0506. The van der Waals surface area contributed by atoms with Crippen molar-refractivity contribution in [3.05, 3.63) is 56.8 Å². The molecule has 1 N–H and O–H groups in total. The fourth-order valence-corrected chi connectivity index (χ4v) is 2.70. The van der Waals surface area contributed by atoms with Crippen molar-refractivity contribution in [2.24, 2.45) is 0 Å². The smallest absolute Gasteiger partial charge is 0.0679 e. The lowest BCUT2D eigenvalue weighted by Gasteiger charge is -2.21. The lowest BCUT2D eigenvalue weighted by Crippen LogP contribution is -2.21. The predicted molar refractivity (Wildman–Crippen MR) is 83.5 cm³/mol. The molecule has 106 valence electrons. The minimum absolute atomic E-state index is 0.0506. The molecule has 0 amide bonds. The van der Waals surface area contributed by atoms with Crippen molar-refractivity contribution in [1.82, 2.24) is 15.5 Å². The van der Waals surface area contributed by atoms with Crippen LogP contribution in [0.1, 0.15) is 35.5 Å². The monoisotopic (exact) mass is 309 g/mol. The zero-order chi connectivity index (χ0) is 14.7. The molecule has 0 spiro atoms. The third kappa shape index (κ3) is 2.95. The Bertz CT molecular complexity index is 614. The first kappa shape index (κ1) is 15.2. The Labute approximate surface area is 129 Å². The third-order valence-electron chi connectivity index (χ3n) is 3.25. The van der Waals surface area contributed by atoms with E-state index in [0.29, 0.717) is 10.0 Å². The zero-order valence-electron chi connectivity index (χ0n) is 11.7. The summed E-state index contributed by atoms with van der Waals surface area (Å²) in [6.07, 6.45) is 0.818. The average molecular weight is 310 g/mol. The van der Waals surface area contributed by atoms with Crippen LogP contribution in [0.25, 0.3) is 0 Å². The summed E-state index contributed by atoms with van der Waals surface area (Å²) in [5, 5.41) is 12.8. The molecule has 1 unspecified atom stereocenters. The number of nitrogens with zero attached hydrogens (tertiary/aromatic N) is 2. The summed E-state index contributed by atoms with van der Waals surface area (Å²) in [4.78, 5) is 0. The van der Waals surface area contributed by atoms with E-state index < -0.39 is 0 Å². The van der Waals surface area contributed by atoms with E-state index in [1.807, 2.05) is 32.2 Å². The Morgan fingerprint density at radius 1 is 1.20 bits per heavy atom. The molecule has 0 saturated carbocycles. The van der Waals surface area contributed by atoms with Crippen LogP contribution in [0.2, 0.25) is 10.0 Å². The Balaban J connectivity index is 2.58. The highest BCUT2D eigenvalue weighted by Crippen LogP contribution is 2.34. The Kier molecular flexibility index (Phi) is 4.97. The molecule has 20 heavy (non-hydrogen) atoms. The van der Waals surface area contributed by atoms with E-state index in [1.54, 1.807) is 6.07 Å². The van der Waals surface area contributed by atoms with E-state index in [0.717, 1.165) is 28.9 Å². The van der Waals surface area contributed by atoms with Gasteiger partial charge >= 0.3 is 0 Å². The summed E-state index contributed by atoms with van der Waals surface area (Å²) in [6, 6.07) is 7.66. The van der Waals surface area contributed by atoms with Gasteiger partial charge in [0.25, 0.3) is 0 Å². The summed E-state index contributed by atoms with van der Waals surface area (Å²) in [7, 11) is 1.90. The summed E-state index contributed by atoms with van der Waals surface area (Å²) in [5.74, 6) is 0.